The van der Waals surface area contributed by atoms with Gasteiger partial charge in [-0.2, -0.15) is 5.10 Å². The Hall–Kier alpha value is -2.76. The van der Waals surface area contributed by atoms with Crippen molar-refractivity contribution in [2.24, 2.45) is 18.0 Å². The van der Waals surface area contributed by atoms with Gasteiger partial charge in [0.1, 0.15) is 0 Å². The van der Waals surface area contributed by atoms with Crippen LogP contribution in [0.3, 0.4) is 0 Å². The maximum Gasteiger partial charge on any atom is 0.193 e. The molecule has 1 unspecified atom stereocenters. The minimum absolute atomic E-state index is 0.663. The molecule has 0 radical (unpaired) electrons. The first-order valence-electron chi connectivity index (χ1n) is 10.1. The Kier molecular flexibility index (Phi) is 5.65. The second-order valence-corrected chi connectivity index (χ2v) is 7.77. The molecule has 148 valence electrons. The minimum atomic E-state index is 0.663. The molecule has 1 N–H and O–H groups in total. The number of nitrogens with zero attached hydrogens (tertiary/aromatic N) is 5. The molecular formula is C22H30N6. The van der Waals surface area contributed by atoms with E-state index in [1.54, 1.807) is 0 Å². The zero-order valence-corrected chi connectivity index (χ0v) is 16.9. The second kappa shape index (κ2) is 8.50. The van der Waals surface area contributed by atoms with Gasteiger partial charge in [-0.05, 0) is 42.0 Å². The highest BCUT2D eigenvalue weighted by molar-refractivity contribution is 5.80. The lowest BCUT2D eigenvalue weighted by Gasteiger charge is -2.22. The first-order valence-corrected chi connectivity index (χ1v) is 10.1. The third-order valence-corrected chi connectivity index (χ3v) is 5.65. The number of nitrogens with one attached hydrogen (secondary N) is 1. The molecule has 0 amide bonds. The Balaban J connectivity index is 1.27. The smallest absolute Gasteiger partial charge is 0.193 e. The molecule has 28 heavy (non-hydrogen) atoms. The van der Waals surface area contributed by atoms with Crippen LogP contribution in [0.4, 0.5) is 5.69 Å². The van der Waals surface area contributed by atoms with Crippen molar-refractivity contribution in [3.8, 4) is 0 Å². The zero-order valence-electron chi connectivity index (χ0n) is 16.9. The molecule has 1 aromatic carbocycles. The van der Waals surface area contributed by atoms with Crippen LogP contribution in [-0.4, -0.2) is 53.9 Å². The molecule has 2 aromatic rings. The van der Waals surface area contributed by atoms with Crippen molar-refractivity contribution in [2.45, 2.75) is 19.4 Å². The molecule has 0 saturated carbocycles. The minimum Gasteiger partial charge on any atom is -0.364 e. The summed E-state index contributed by atoms with van der Waals surface area (Å²) in [4.78, 5) is 9.25. The first kappa shape index (κ1) is 18.6. The summed E-state index contributed by atoms with van der Waals surface area (Å²) in [7, 11) is 3.85. The van der Waals surface area contributed by atoms with Gasteiger partial charge in [-0.3, -0.25) is 9.67 Å². The van der Waals surface area contributed by atoms with Gasteiger partial charge in [0.2, 0.25) is 0 Å². The average molecular weight is 379 g/mol. The van der Waals surface area contributed by atoms with Gasteiger partial charge in [-0.25, -0.2) is 0 Å². The second-order valence-electron chi connectivity index (χ2n) is 7.77. The molecule has 1 atom stereocenters. The Labute approximate surface area is 167 Å². The fourth-order valence-electron chi connectivity index (χ4n) is 4.13. The molecule has 4 rings (SSSR count). The highest BCUT2D eigenvalue weighted by Crippen LogP contribution is 2.21. The lowest BCUT2D eigenvalue weighted by atomic mass is 10.0. The number of hydrogen-bond donors (Lipinski definition) is 1. The highest BCUT2D eigenvalue weighted by Gasteiger charge is 2.25. The van der Waals surface area contributed by atoms with Gasteiger partial charge >= 0.3 is 0 Å². The summed E-state index contributed by atoms with van der Waals surface area (Å²) in [5, 5.41) is 7.82. The van der Waals surface area contributed by atoms with Crippen LogP contribution in [0.2, 0.25) is 0 Å². The number of guanidine groups is 1. The molecule has 2 aliphatic heterocycles. The number of aryl methyl sites for hydroxylation is 1. The van der Waals surface area contributed by atoms with Gasteiger partial charge in [-0.15, -0.1) is 0 Å². The number of rotatable bonds is 5. The van der Waals surface area contributed by atoms with E-state index in [9.17, 15) is 0 Å². The standard InChI is InChI=1S/C22H30N6/c1-23-22(28-12-9-19(17-28)13-20-15-25-26(2)16-20)24-14-18-5-7-21(8-6-18)27-10-3-4-11-27/h3-8,15-16,19H,9-14,17H2,1-2H3,(H,23,24). The molecule has 6 heteroatoms. The van der Waals surface area contributed by atoms with E-state index in [-0.39, 0.29) is 0 Å². The number of aliphatic imine (C=N–C) groups is 1. The number of likely N-dealkylation sites (tertiary alicyclic amines) is 1. The fourth-order valence-corrected chi connectivity index (χ4v) is 4.13. The lowest BCUT2D eigenvalue weighted by Crippen LogP contribution is -2.39. The van der Waals surface area contributed by atoms with E-state index in [1.807, 2.05) is 25.0 Å². The summed E-state index contributed by atoms with van der Waals surface area (Å²) in [6.45, 7) is 4.94. The number of aromatic nitrogens is 2. The van der Waals surface area contributed by atoms with Gasteiger partial charge in [0, 0.05) is 58.7 Å². The van der Waals surface area contributed by atoms with Crippen LogP contribution in [0.1, 0.15) is 17.5 Å². The van der Waals surface area contributed by atoms with Gasteiger partial charge in [0.25, 0.3) is 0 Å². The third-order valence-electron chi connectivity index (χ3n) is 5.65. The first-order chi connectivity index (χ1) is 13.7. The van der Waals surface area contributed by atoms with E-state index in [0.717, 1.165) is 45.1 Å². The van der Waals surface area contributed by atoms with Crippen LogP contribution in [0.25, 0.3) is 0 Å². The van der Waals surface area contributed by atoms with Crippen LogP contribution >= 0.6 is 0 Å². The largest absolute Gasteiger partial charge is 0.364 e. The Morgan fingerprint density at radius 2 is 1.96 bits per heavy atom. The van der Waals surface area contributed by atoms with E-state index >= 15 is 0 Å². The number of hydrogen-bond acceptors (Lipinski definition) is 3. The van der Waals surface area contributed by atoms with Gasteiger partial charge in [-0.1, -0.05) is 24.3 Å². The number of anilines is 1. The van der Waals surface area contributed by atoms with Gasteiger partial charge in [0.15, 0.2) is 5.96 Å². The third kappa shape index (κ3) is 4.38. The van der Waals surface area contributed by atoms with E-state index in [0.29, 0.717) is 5.92 Å². The van der Waals surface area contributed by atoms with Crippen LogP contribution in [0.15, 0.2) is 53.8 Å². The lowest BCUT2D eigenvalue weighted by molar-refractivity contribution is 0.459. The summed E-state index contributed by atoms with van der Waals surface area (Å²) >= 11 is 0. The average Bonchev–Trinajstić information content (AvgIpc) is 3.46. The molecule has 1 aromatic heterocycles. The Morgan fingerprint density at radius 1 is 1.18 bits per heavy atom. The molecule has 6 nitrogen and oxygen atoms in total. The quantitative estimate of drug-likeness (QED) is 0.493. The summed E-state index contributed by atoms with van der Waals surface area (Å²) in [6, 6.07) is 8.85. The Bertz CT molecular complexity index is 827. The van der Waals surface area contributed by atoms with Crippen molar-refractivity contribution >= 4 is 11.6 Å². The van der Waals surface area contributed by atoms with Crippen molar-refractivity contribution in [2.75, 3.05) is 38.1 Å². The SMILES string of the molecule is CN=C(NCc1ccc(N2CC=CC2)cc1)N1CCC(Cc2cnn(C)c2)C1. The van der Waals surface area contributed by atoms with Crippen molar-refractivity contribution in [1.82, 2.24) is 20.0 Å². The molecular weight excluding hydrogens is 348 g/mol. The molecule has 1 saturated heterocycles. The maximum absolute atomic E-state index is 4.51. The van der Waals surface area contributed by atoms with Crippen molar-refractivity contribution < 1.29 is 0 Å². The van der Waals surface area contributed by atoms with Crippen molar-refractivity contribution in [3.63, 3.8) is 0 Å². The Morgan fingerprint density at radius 3 is 2.64 bits per heavy atom. The maximum atomic E-state index is 4.51. The molecule has 3 heterocycles. The van der Waals surface area contributed by atoms with Gasteiger partial charge in [0.05, 0.1) is 6.20 Å². The van der Waals surface area contributed by atoms with Crippen molar-refractivity contribution in [1.29, 1.82) is 0 Å². The van der Waals surface area contributed by atoms with Crippen molar-refractivity contribution in [3.05, 3.63) is 59.9 Å². The predicted octanol–water partition coefficient (Wildman–Crippen LogP) is 2.44. The monoisotopic (exact) mass is 378 g/mol. The normalized spacial score (nSPS) is 19.6. The van der Waals surface area contributed by atoms with E-state index in [2.05, 4.69) is 67.8 Å². The van der Waals surface area contributed by atoms with Crippen LogP contribution in [-0.2, 0) is 20.0 Å². The van der Waals surface area contributed by atoms with Crippen LogP contribution in [0.5, 0.6) is 0 Å². The van der Waals surface area contributed by atoms with E-state index in [4.69, 9.17) is 0 Å². The van der Waals surface area contributed by atoms with E-state index in [1.165, 1.54) is 23.2 Å². The molecule has 0 bridgehead atoms. The predicted molar refractivity (Wildman–Crippen MR) is 115 cm³/mol. The topological polar surface area (TPSA) is 48.7 Å². The zero-order chi connectivity index (χ0) is 19.3. The molecule has 1 fully saturated rings. The number of benzene rings is 1. The fraction of sp³-hybridized carbons (Fsp3) is 0.455. The van der Waals surface area contributed by atoms with E-state index < -0.39 is 0 Å². The summed E-state index contributed by atoms with van der Waals surface area (Å²) in [6.07, 6.45) is 10.8. The molecule has 0 spiro atoms. The van der Waals surface area contributed by atoms with Crippen LogP contribution < -0.4 is 10.2 Å². The highest BCUT2D eigenvalue weighted by atomic mass is 15.3. The molecule has 0 aliphatic carbocycles. The van der Waals surface area contributed by atoms with Gasteiger partial charge < -0.3 is 15.1 Å². The summed E-state index contributed by atoms with van der Waals surface area (Å²) in [5.74, 6) is 1.66. The summed E-state index contributed by atoms with van der Waals surface area (Å²) in [5.41, 5.74) is 3.89. The molecule has 2 aliphatic rings. The van der Waals surface area contributed by atoms with Crippen LogP contribution in [0, 0.1) is 5.92 Å². The summed E-state index contributed by atoms with van der Waals surface area (Å²) < 4.78 is 1.88.